The summed E-state index contributed by atoms with van der Waals surface area (Å²) in [5, 5.41) is 13.2. The molecule has 0 fully saturated rings. The van der Waals surface area contributed by atoms with Crippen molar-refractivity contribution in [3.05, 3.63) is 126 Å². The minimum Gasteiger partial charge on any atom is -0.360 e. The van der Waals surface area contributed by atoms with Crippen molar-refractivity contribution in [1.82, 2.24) is 4.40 Å². The number of benzene rings is 5. The normalized spacial score (nSPS) is 16.4. The summed E-state index contributed by atoms with van der Waals surface area (Å²) in [7, 11) is 0. The van der Waals surface area contributed by atoms with Gasteiger partial charge in [0.25, 0.3) is 0 Å². The second kappa shape index (κ2) is 7.41. The SMILES string of the molecule is C1=CC2=Cc3c(n4c5ccc(-c6cccc7ccccc67)cc5c5c6c(cc3c54)sc3ccccc36)NC2C=C1. The molecule has 8 aromatic rings. The molecular weight excluding hydrogens is 504 g/mol. The summed E-state index contributed by atoms with van der Waals surface area (Å²) in [4.78, 5) is 0. The highest BCUT2D eigenvalue weighted by atomic mass is 32.1. The first-order chi connectivity index (χ1) is 19.8. The number of fused-ring (bicyclic) bond motifs is 12. The van der Waals surface area contributed by atoms with Crippen molar-refractivity contribution in [2.24, 2.45) is 0 Å². The van der Waals surface area contributed by atoms with Crippen molar-refractivity contribution in [2.45, 2.75) is 6.04 Å². The molecule has 2 nitrogen and oxygen atoms in total. The van der Waals surface area contributed by atoms with Gasteiger partial charge in [-0.25, -0.2) is 0 Å². The summed E-state index contributed by atoms with van der Waals surface area (Å²) in [6.07, 6.45) is 11.2. The van der Waals surface area contributed by atoms with Crippen molar-refractivity contribution in [3.8, 4) is 11.1 Å². The Labute approximate surface area is 234 Å². The van der Waals surface area contributed by atoms with E-state index in [1.807, 2.05) is 11.3 Å². The highest BCUT2D eigenvalue weighted by Crippen LogP contribution is 2.50. The van der Waals surface area contributed by atoms with Crippen LogP contribution >= 0.6 is 11.3 Å². The molecule has 1 aliphatic carbocycles. The van der Waals surface area contributed by atoms with Gasteiger partial charge >= 0.3 is 0 Å². The van der Waals surface area contributed by atoms with Gasteiger partial charge in [-0.05, 0) is 57.8 Å². The lowest BCUT2D eigenvalue weighted by atomic mass is 9.94. The van der Waals surface area contributed by atoms with Crippen molar-refractivity contribution in [3.63, 3.8) is 0 Å². The van der Waals surface area contributed by atoms with Crippen molar-refractivity contribution in [1.29, 1.82) is 0 Å². The standard InChI is InChI=1S/C37H22N2S/c1-3-11-24-21(8-1)10-7-13-25(24)22-16-17-31-29(18-22)35-34-26-12-4-6-15-32(26)40-33(34)20-27-28-19-23-9-2-5-14-30(23)38-37(28)39(31)36(27)35/h1-20,30,38H. The Morgan fingerprint density at radius 1 is 0.700 bits per heavy atom. The number of hydrogen-bond donors (Lipinski definition) is 1. The van der Waals surface area contributed by atoms with E-state index >= 15 is 0 Å². The molecule has 1 unspecified atom stereocenters. The minimum absolute atomic E-state index is 0.197. The number of thiophene rings is 1. The second-order valence-corrected chi connectivity index (χ2v) is 12.1. The summed E-state index contributed by atoms with van der Waals surface area (Å²) in [5.74, 6) is 1.20. The van der Waals surface area contributed by atoms with Gasteiger partial charge in [-0.1, -0.05) is 91.0 Å². The number of nitrogens with zero attached hydrogens (tertiary/aromatic N) is 1. The number of anilines is 1. The second-order valence-electron chi connectivity index (χ2n) is 11.0. The van der Waals surface area contributed by atoms with Gasteiger partial charge in [-0.2, -0.15) is 0 Å². The van der Waals surface area contributed by atoms with E-state index in [9.17, 15) is 0 Å². The third-order valence-electron chi connectivity index (χ3n) is 8.91. The molecule has 186 valence electrons. The van der Waals surface area contributed by atoms with E-state index in [0.29, 0.717) is 0 Å². The quantitative estimate of drug-likeness (QED) is 0.225. The molecule has 3 heteroatoms. The smallest absolute Gasteiger partial charge is 0.119 e. The number of aromatic nitrogens is 1. The van der Waals surface area contributed by atoms with Crippen LogP contribution in [0.1, 0.15) is 5.56 Å². The molecule has 0 saturated heterocycles. The summed E-state index contributed by atoms with van der Waals surface area (Å²) < 4.78 is 5.19. The van der Waals surface area contributed by atoms with E-state index in [1.165, 1.54) is 86.2 Å². The average molecular weight is 527 g/mol. The number of allylic oxidation sites excluding steroid dienone is 2. The Hall–Kier alpha value is -4.86. The summed E-state index contributed by atoms with van der Waals surface area (Å²) in [6.45, 7) is 0. The molecule has 1 atom stereocenters. The zero-order valence-electron chi connectivity index (χ0n) is 21.5. The molecule has 0 amide bonds. The Kier molecular flexibility index (Phi) is 3.89. The van der Waals surface area contributed by atoms with Gasteiger partial charge in [0.2, 0.25) is 0 Å². The van der Waals surface area contributed by atoms with Gasteiger partial charge in [0.15, 0.2) is 0 Å². The lowest BCUT2D eigenvalue weighted by molar-refractivity contribution is 1.01. The van der Waals surface area contributed by atoms with Gasteiger partial charge in [0.1, 0.15) is 5.82 Å². The fourth-order valence-electron chi connectivity index (χ4n) is 7.18. The summed E-state index contributed by atoms with van der Waals surface area (Å²) >= 11 is 1.91. The van der Waals surface area contributed by atoms with Gasteiger partial charge in [0.05, 0.1) is 17.1 Å². The van der Waals surface area contributed by atoms with Crippen LogP contribution in [0.25, 0.3) is 75.3 Å². The molecule has 1 N–H and O–H groups in total. The van der Waals surface area contributed by atoms with Crippen molar-refractivity contribution >= 4 is 81.4 Å². The first kappa shape index (κ1) is 21.0. The first-order valence-electron chi connectivity index (χ1n) is 13.8. The van der Waals surface area contributed by atoms with Crippen LogP contribution in [0.3, 0.4) is 0 Å². The van der Waals surface area contributed by atoms with Crippen LogP contribution in [-0.2, 0) is 0 Å². The summed E-state index contributed by atoms with van der Waals surface area (Å²) in [5.41, 5.74) is 7.73. The maximum atomic E-state index is 3.90. The maximum Gasteiger partial charge on any atom is 0.119 e. The number of rotatable bonds is 1. The van der Waals surface area contributed by atoms with Crippen LogP contribution in [0, 0.1) is 0 Å². The third kappa shape index (κ3) is 2.58. The van der Waals surface area contributed by atoms with Gasteiger partial charge in [-0.3, -0.25) is 4.40 Å². The van der Waals surface area contributed by atoms with Crippen molar-refractivity contribution < 1.29 is 0 Å². The Morgan fingerprint density at radius 3 is 2.55 bits per heavy atom. The predicted octanol–water partition coefficient (Wildman–Crippen LogP) is 10.2. The molecule has 2 aliphatic rings. The molecule has 10 rings (SSSR count). The molecule has 0 radical (unpaired) electrons. The fourth-order valence-corrected chi connectivity index (χ4v) is 8.34. The van der Waals surface area contributed by atoms with Gasteiger partial charge < -0.3 is 5.32 Å². The molecule has 0 bridgehead atoms. The molecule has 5 aromatic carbocycles. The zero-order chi connectivity index (χ0) is 25.9. The van der Waals surface area contributed by atoms with Crippen LogP contribution in [0.15, 0.2) is 121 Å². The van der Waals surface area contributed by atoms with Crippen LogP contribution in [-0.4, -0.2) is 10.4 Å². The van der Waals surface area contributed by atoms with E-state index in [0.717, 1.165) is 0 Å². The fraction of sp³-hybridized carbons (Fsp3) is 0.0270. The predicted molar refractivity (Wildman–Crippen MR) is 173 cm³/mol. The monoisotopic (exact) mass is 526 g/mol. The van der Waals surface area contributed by atoms with Crippen LogP contribution < -0.4 is 5.32 Å². The Balaban J connectivity index is 1.40. The van der Waals surface area contributed by atoms with Crippen LogP contribution in [0.4, 0.5) is 5.82 Å². The molecule has 4 heterocycles. The van der Waals surface area contributed by atoms with E-state index in [1.54, 1.807) is 0 Å². The minimum atomic E-state index is 0.197. The highest BCUT2D eigenvalue weighted by Gasteiger charge is 2.29. The molecule has 3 aromatic heterocycles. The van der Waals surface area contributed by atoms with E-state index < -0.39 is 0 Å². The highest BCUT2D eigenvalue weighted by molar-refractivity contribution is 7.26. The van der Waals surface area contributed by atoms with Crippen LogP contribution in [0.5, 0.6) is 0 Å². The Bertz CT molecular complexity index is 2460. The number of nitrogens with one attached hydrogen (secondary N) is 1. The third-order valence-corrected chi connectivity index (χ3v) is 10.0. The van der Waals surface area contributed by atoms with E-state index in [2.05, 4.69) is 131 Å². The van der Waals surface area contributed by atoms with Gasteiger partial charge in [0, 0.05) is 41.9 Å². The van der Waals surface area contributed by atoms with Crippen LogP contribution in [0.2, 0.25) is 0 Å². The Morgan fingerprint density at radius 2 is 1.57 bits per heavy atom. The molecular formula is C37H22N2S. The molecule has 1 aliphatic heterocycles. The maximum absolute atomic E-state index is 3.90. The average Bonchev–Trinajstić information content (AvgIpc) is 3.65. The first-order valence-corrected chi connectivity index (χ1v) is 14.6. The lowest BCUT2D eigenvalue weighted by Crippen LogP contribution is -2.24. The largest absolute Gasteiger partial charge is 0.360 e. The van der Waals surface area contributed by atoms with Gasteiger partial charge in [-0.15, -0.1) is 11.3 Å². The van der Waals surface area contributed by atoms with E-state index in [4.69, 9.17) is 0 Å². The lowest BCUT2D eigenvalue weighted by Gasteiger charge is -2.25. The zero-order valence-corrected chi connectivity index (χ0v) is 22.3. The molecule has 0 spiro atoms. The number of hydrogen-bond acceptors (Lipinski definition) is 2. The van der Waals surface area contributed by atoms with E-state index in [-0.39, 0.29) is 6.04 Å². The van der Waals surface area contributed by atoms with Crippen molar-refractivity contribution in [2.75, 3.05) is 5.32 Å². The molecule has 40 heavy (non-hydrogen) atoms. The summed E-state index contributed by atoms with van der Waals surface area (Å²) in [6, 6.07) is 33.9. The topological polar surface area (TPSA) is 16.4 Å². The molecule has 0 saturated carbocycles.